The highest BCUT2D eigenvalue weighted by Gasteiger charge is 2.78. The van der Waals surface area contributed by atoms with Crippen molar-refractivity contribution in [3.63, 3.8) is 0 Å². The van der Waals surface area contributed by atoms with Gasteiger partial charge in [-0.1, -0.05) is 57.4 Å². The highest BCUT2D eigenvalue weighted by atomic mass is 32.2. The number of hydrogen-bond donors (Lipinski definition) is 2. The first-order chi connectivity index (χ1) is 17.7. The zero-order valence-electron chi connectivity index (χ0n) is 22.4. The summed E-state index contributed by atoms with van der Waals surface area (Å²) in [6.45, 7) is 8.01. The summed E-state index contributed by atoms with van der Waals surface area (Å²) >= 11 is 0.864. The van der Waals surface area contributed by atoms with Gasteiger partial charge in [-0.15, -0.1) is 0 Å². The number of aliphatic hydroxyl groups is 2. The number of thioether (sulfide) groups is 1. The van der Waals surface area contributed by atoms with Crippen LogP contribution in [0.4, 0.5) is 8.78 Å². The minimum atomic E-state index is -2.29. The Bertz CT molecular complexity index is 1160. The number of rotatable bonds is 4. The fraction of sp³-hybridized carbons (Fsp3) is 0.690. The Morgan fingerprint density at radius 3 is 2.55 bits per heavy atom. The molecule has 0 aromatic rings. The Morgan fingerprint density at radius 1 is 1.24 bits per heavy atom. The number of halogens is 2. The molecule has 9 heteroatoms. The molecule has 3 saturated carbocycles. The van der Waals surface area contributed by atoms with E-state index in [1.165, 1.54) is 19.1 Å². The van der Waals surface area contributed by atoms with E-state index in [4.69, 9.17) is 9.84 Å². The summed E-state index contributed by atoms with van der Waals surface area (Å²) in [4.78, 5) is 39.0. The Labute approximate surface area is 226 Å². The Kier molecular flexibility index (Phi) is 7.52. The molecule has 4 aliphatic carbocycles. The van der Waals surface area contributed by atoms with E-state index in [1.807, 2.05) is 0 Å². The fourth-order valence-electron chi connectivity index (χ4n) is 7.81. The molecule has 38 heavy (non-hydrogen) atoms. The molecule has 208 valence electrons. The van der Waals surface area contributed by atoms with Crippen LogP contribution < -0.4 is 0 Å². The topological polar surface area (TPSA) is 101 Å². The molecular formula is C29H36F2O6S. The van der Waals surface area contributed by atoms with Gasteiger partial charge in [-0.25, -0.2) is 8.78 Å². The van der Waals surface area contributed by atoms with E-state index >= 15 is 8.78 Å². The Balaban J connectivity index is 1.83. The summed E-state index contributed by atoms with van der Waals surface area (Å²) in [6, 6.07) is 0. The number of carbonyl (C=O) groups excluding carboxylic acids is 3. The summed E-state index contributed by atoms with van der Waals surface area (Å²) in [6.07, 6.45) is 0.394. The molecule has 0 aliphatic heterocycles. The molecule has 0 heterocycles. The number of fused-ring (bicyclic) bond motifs is 5. The number of aliphatic hydroxyl groups excluding tert-OH is 2. The van der Waals surface area contributed by atoms with E-state index in [2.05, 4.69) is 11.8 Å². The van der Waals surface area contributed by atoms with E-state index < -0.39 is 74.9 Å². The smallest absolute Gasteiger partial charge is 0.309 e. The molecule has 0 spiro atoms. The number of allylic oxidation sites excluding steroid dienone is 4. The maximum absolute atomic E-state index is 17.4. The SMILES string of the molecule is CC(C)C(=O)O[C@]1(C(=O)SCC#CCO)[C@H](C)C[C@H]2[C@@H]3C[C@H](F)C4=CC(=O)C=C[C@]4(C)[C@@]3(F)[C@@H](O)C[C@@]21C. The normalized spacial score (nSPS) is 43.4. The first-order valence-corrected chi connectivity index (χ1v) is 14.1. The van der Waals surface area contributed by atoms with E-state index in [-0.39, 0.29) is 30.8 Å². The summed E-state index contributed by atoms with van der Waals surface area (Å²) in [7, 11) is 0. The maximum atomic E-state index is 17.4. The number of alkyl halides is 2. The van der Waals surface area contributed by atoms with Crippen molar-refractivity contribution < 1.29 is 38.1 Å². The summed E-state index contributed by atoms with van der Waals surface area (Å²) < 4.78 is 39.2. The highest BCUT2D eigenvalue weighted by molar-refractivity contribution is 8.14. The third-order valence-electron chi connectivity index (χ3n) is 9.68. The van der Waals surface area contributed by atoms with Gasteiger partial charge in [-0.05, 0) is 49.8 Å². The van der Waals surface area contributed by atoms with Gasteiger partial charge >= 0.3 is 5.97 Å². The van der Waals surface area contributed by atoms with E-state index in [9.17, 15) is 19.5 Å². The third kappa shape index (κ3) is 3.85. The molecule has 0 aromatic carbocycles. The summed E-state index contributed by atoms with van der Waals surface area (Å²) in [5.41, 5.74) is -6.66. The van der Waals surface area contributed by atoms with Crippen molar-refractivity contribution in [3.05, 3.63) is 23.8 Å². The summed E-state index contributed by atoms with van der Waals surface area (Å²) in [5.74, 6) is 1.59. The molecule has 6 nitrogen and oxygen atoms in total. The third-order valence-corrected chi connectivity index (χ3v) is 10.5. The molecule has 0 radical (unpaired) electrons. The molecule has 4 aliphatic rings. The predicted octanol–water partition coefficient (Wildman–Crippen LogP) is 3.74. The zero-order valence-corrected chi connectivity index (χ0v) is 23.2. The molecule has 0 unspecified atom stereocenters. The number of esters is 1. The molecule has 0 aromatic heterocycles. The van der Waals surface area contributed by atoms with E-state index in [0.717, 1.165) is 17.8 Å². The van der Waals surface area contributed by atoms with Crippen LogP contribution in [0.25, 0.3) is 0 Å². The van der Waals surface area contributed by atoms with Crippen LogP contribution in [-0.4, -0.2) is 63.0 Å². The predicted molar refractivity (Wildman–Crippen MR) is 139 cm³/mol. The highest BCUT2D eigenvalue weighted by Crippen LogP contribution is 2.72. The average molecular weight is 551 g/mol. The molecule has 0 amide bonds. The monoisotopic (exact) mass is 550 g/mol. The second-order valence-corrected chi connectivity index (χ2v) is 12.8. The number of hydrogen-bond acceptors (Lipinski definition) is 7. The lowest BCUT2D eigenvalue weighted by molar-refractivity contribution is -0.229. The van der Waals surface area contributed by atoms with Crippen LogP contribution in [0.5, 0.6) is 0 Å². The Hall–Kier alpha value is -2.02. The molecule has 0 saturated heterocycles. The largest absolute Gasteiger partial charge is 0.449 e. The summed E-state index contributed by atoms with van der Waals surface area (Å²) in [5, 5.41) is 20.1. The number of carbonyl (C=O) groups is 3. The molecule has 3 fully saturated rings. The fourth-order valence-corrected chi connectivity index (χ4v) is 8.81. The van der Waals surface area contributed by atoms with Gasteiger partial charge in [0.05, 0.1) is 17.8 Å². The minimum Gasteiger partial charge on any atom is -0.449 e. The number of ketones is 1. The van der Waals surface area contributed by atoms with Crippen LogP contribution in [0.15, 0.2) is 23.8 Å². The van der Waals surface area contributed by atoms with Gasteiger partial charge in [0.25, 0.3) is 0 Å². The molecule has 0 bridgehead atoms. The van der Waals surface area contributed by atoms with Crippen LogP contribution >= 0.6 is 11.8 Å². The zero-order chi connectivity index (χ0) is 28.3. The molecule has 9 atom stereocenters. The van der Waals surface area contributed by atoms with Crippen LogP contribution in [0.1, 0.15) is 53.9 Å². The van der Waals surface area contributed by atoms with Crippen molar-refractivity contribution in [1.82, 2.24) is 0 Å². The van der Waals surface area contributed by atoms with Crippen LogP contribution in [0, 0.1) is 46.3 Å². The van der Waals surface area contributed by atoms with Crippen molar-refractivity contribution >= 4 is 28.6 Å². The van der Waals surface area contributed by atoms with Crippen LogP contribution in [0.3, 0.4) is 0 Å². The molecule has 2 N–H and O–H groups in total. The van der Waals surface area contributed by atoms with Gasteiger partial charge in [0.15, 0.2) is 17.1 Å². The van der Waals surface area contributed by atoms with Gasteiger partial charge in [0.2, 0.25) is 5.12 Å². The van der Waals surface area contributed by atoms with Crippen molar-refractivity contribution in [2.75, 3.05) is 12.4 Å². The van der Waals surface area contributed by atoms with Gasteiger partial charge in [0.1, 0.15) is 12.8 Å². The molecular weight excluding hydrogens is 514 g/mol. The van der Waals surface area contributed by atoms with Crippen molar-refractivity contribution in [1.29, 1.82) is 0 Å². The van der Waals surface area contributed by atoms with Crippen LogP contribution in [0.2, 0.25) is 0 Å². The van der Waals surface area contributed by atoms with Crippen LogP contribution in [-0.2, 0) is 19.1 Å². The van der Waals surface area contributed by atoms with Crippen molar-refractivity contribution in [2.24, 2.45) is 34.5 Å². The first kappa shape index (κ1) is 29.0. The van der Waals surface area contributed by atoms with Gasteiger partial charge in [-0.2, -0.15) is 0 Å². The quantitative estimate of drug-likeness (QED) is 0.406. The molecule has 4 rings (SSSR count). The van der Waals surface area contributed by atoms with E-state index in [1.54, 1.807) is 27.7 Å². The van der Waals surface area contributed by atoms with Gasteiger partial charge < -0.3 is 14.9 Å². The maximum Gasteiger partial charge on any atom is 0.309 e. The lowest BCUT2D eigenvalue weighted by Gasteiger charge is -2.63. The van der Waals surface area contributed by atoms with E-state index in [0.29, 0.717) is 6.42 Å². The minimum absolute atomic E-state index is 0.0315. The second-order valence-electron chi connectivity index (χ2n) is 11.9. The second kappa shape index (κ2) is 9.87. The Morgan fingerprint density at radius 2 is 1.92 bits per heavy atom. The van der Waals surface area contributed by atoms with Gasteiger partial charge in [-0.3, -0.25) is 14.4 Å². The number of ether oxygens (including phenoxy) is 1. The van der Waals surface area contributed by atoms with Crippen molar-refractivity contribution in [2.45, 2.75) is 77.4 Å². The van der Waals surface area contributed by atoms with Gasteiger partial charge in [0, 0.05) is 22.7 Å². The van der Waals surface area contributed by atoms with Crippen molar-refractivity contribution in [3.8, 4) is 11.8 Å². The standard InChI is InChI=1S/C29H36F2O6S/c1-16(2)24(35)37-29(25(36)38-11-7-6-10-32)17(3)12-19-20-14-22(30)21-13-18(33)8-9-26(21,4)28(20,31)23(34)15-27(19,29)5/h8-9,13,16-17,19-20,22-23,32,34H,10-12,14-15H2,1-5H3/t17-,19+,20+,22+,23+,26+,27+,28+,29+/m1/s1. The first-order valence-electron chi connectivity index (χ1n) is 13.1. The lowest BCUT2D eigenvalue weighted by atomic mass is 9.44. The average Bonchev–Trinajstić information content (AvgIpc) is 3.06. The lowest BCUT2D eigenvalue weighted by Crippen LogP contribution is -2.70.